The number of halogens is 2. The first-order chi connectivity index (χ1) is 13.8. The van der Waals surface area contributed by atoms with Crippen LogP contribution in [0.2, 0.25) is 0 Å². The Hall–Kier alpha value is -2.79. The van der Waals surface area contributed by atoms with Crippen molar-refractivity contribution in [2.75, 3.05) is 14.2 Å². The predicted octanol–water partition coefficient (Wildman–Crippen LogP) is 3.40. The highest BCUT2D eigenvalue weighted by Crippen LogP contribution is 2.42. The number of benzene rings is 1. The highest BCUT2D eigenvalue weighted by atomic mass is 79.9. The number of carbonyl (C=O) groups is 3. The molecular weight excluding hydrogens is 516 g/mol. The SMILES string of the molecule is COC(=O)c1ccc(CN2C(=O)N/C(=C\c3cc(OC)c(O)c(Br)c3Br)C2=O)o1. The smallest absolute Gasteiger partial charge is 0.373 e. The highest BCUT2D eigenvalue weighted by molar-refractivity contribution is 9.13. The number of methoxy groups -OCH3 is 2. The maximum atomic E-state index is 12.7. The Labute approximate surface area is 181 Å². The van der Waals surface area contributed by atoms with Gasteiger partial charge in [0.2, 0.25) is 5.76 Å². The number of amides is 3. The molecule has 0 radical (unpaired) electrons. The van der Waals surface area contributed by atoms with E-state index in [1.54, 1.807) is 0 Å². The second kappa shape index (κ2) is 8.29. The second-order valence-corrected chi connectivity index (χ2v) is 7.37. The van der Waals surface area contributed by atoms with Gasteiger partial charge in [-0.25, -0.2) is 9.59 Å². The summed E-state index contributed by atoms with van der Waals surface area (Å²) in [5, 5.41) is 12.5. The molecule has 0 saturated carbocycles. The standard InChI is InChI=1S/C18H14Br2N2O7/c1-27-12-6-8(13(19)14(20)15(12)23)5-10-16(24)22(18(26)21-10)7-9-3-4-11(29-9)17(25)28-2/h3-6,23H,7H2,1-2H3,(H,21,26)/b10-5-. The summed E-state index contributed by atoms with van der Waals surface area (Å²) in [5.74, 6) is -0.955. The van der Waals surface area contributed by atoms with E-state index in [-0.39, 0.29) is 35.3 Å². The van der Waals surface area contributed by atoms with E-state index in [1.165, 1.54) is 38.5 Å². The molecule has 152 valence electrons. The molecule has 3 rings (SSSR count). The fourth-order valence-corrected chi connectivity index (χ4v) is 3.41. The second-order valence-electron chi connectivity index (χ2n) is 5.78. The minimum absolute atomic E-state index is 0.0232. The van der Waals surface area contributed by atoms with E-state index in [9.17, 15) is 19.5 Å². The van der Waals surface area contributed by atoms with Crippen LogP contribution in [0, 0.1) is 0 Å². The molecule has 29 heavy (non-hydrogen) atoms. The molecule has 1 aliphatic heterocycles. The largest absolute Gasteiger partial charge is 0.503 e. The van der Waals surface area contributed by atoms with Crippen molar-refractivity contribution < 1.29 is 33.4 Å². The van der Waals surface area contributed by atoms with Crippen LogP contribution in [0.3, 0.4) is 0 Å². The Bertz CT molecular complexity index is 1050. The number of aromatic hydroxyl groups is 1. The minimum Gasteiger partial charge on any atom is -0.503 e. The molecule has 1 aromatic heterocycles. The van der Waals surface area contributed by atoms with Crippen molar-refractivity contribution in [1.29, 1.82) is 0 Å². The summed E-state index contributed by atoms with van der Waals surface area (Å²) in [7, 11) is 2.61. The first-order valence-electron chi connectivity index (χ1n) is 8.03. The summed E-state index contributed by atoms with van der Waals surface area (Å²) in [4.78, 5) is 37.3. The Morgan fingerprint density at radius 2 is 2.00 bits per heavy atom. The third-order valence-corrected chi connectivity index (χ3v) is 6.18. The topological polar surface area (TPSA) is 118 Å². The quantitative estimate of drug-likeness (QED) is 0.346. The van der Waals surface area contributed by atoms with Crippen LogP contribution in [0.25, 0.3) is 6.08 Å². The van der Waals surface area contributed by atoms with Crippen molar-refractivity contribution in [3.8, 4) is 11.5 Å². The van der Waals surface area contributed by atoms with Crippen LogP contribution < -0.4 is 10.1 Å². The fraction of sp³-hybridized carbons (Fsp3) is 0.167. The molecule has 0 bridgehead atoms. The van der Waals surface area contributed by atoms with Crippen molar-refractivity contribution in [2.45, 2.75) is 6.54 Å². The van der Waals surface area contributed by atoms with Gasteiger partial charge in [0.25, 0.3) is 5.91 Å². The summed E-state index contributed by atoms with van der Waals surface area (Å²) >= 11 is 6.56. The number of furan rings is 1. The molecule has 0 aliphatic carbocycles. The Morgan fingerprint density at radius 3 is 2.66 bits per heavy atom. The van der Waals surface area contributed by atoms with Gasteiger partial charge in [-0.3, -0.25) is 9.69 Å². The lowest BCUT2D eigenvalue weighted by atomic mass is 10.1. The first-order valence-corrected chi connectivity index (χ1v) is 9.62. The lowest BCUT2D eigenvalue weighted by Crippen LogP contribution is -2.30. The summed E-state index contributed by atoms with van der Waals surface area (Å²) in [6.07, 6.45) is 1.44. The zero-order valence-electron chi connectivity index (χ0n) is 15.1. The maximum Gasteiger partial charge on any atom is 0.373 e. The Morgan fingerprint density at radius 1 is 1.28 bits per heavy atom. The van der Waals surface area contributed by atoms with Crippen molar-refractivity contribution in [3.05, 3.63) is 49.9 Å². The van der Waals surface area contributed by atoms with E-state index < -0.39 is 17.9 Å². The van der Waals surface area contributed by atoms with Crippen molar-refractivity contribution >= 4 is 55.8 Å². The molecular formula is C18H14Br2N2O7. The number of hydrogen-bond acceptors (Lipinski definition) is 7. The van der Waals surface area contributed by atoms with Gasteiger partial charge in [-0.1, -0.05) is 0 Å². The van der Waals surface area contributed by atoms with E-state index in [1.807, 2.05) is 0 Å². The molecule has 2 aromatic rings. The number of ether oxygens (including phenoxy) is 2. The van der Waals surface area contributed by atoms with E-state index in [0.29, 0.717) is 14.5 Å². The highest BCUT2D eigenvalue weighted by Gasteiger charge is 2.34. The van der Waals surface area contributed by atoms with E-state index in [2.05, 4.69) is 41.9 Å². The number of nitrogens with zero attached hydrogens (tertiary/aromatic N) is 1. The number of phenols is 1. The number of rotatable bonds is 5. The molecule has 2 N–H and O–H groups in total. The lowest BCUT2D eigenvalue weighted by molar-refractivity contribution is -0.123. The number of esters is 1. The molecule has 2 heterocycles. The van der Waals surface area contributed by atoms with Gasteiger partial charge in [-0.05, 0) is 61.7 Å². The van der Waals surface area contributed by atoms with Gasteiger partial charge in [0.1, 0.15) is 11.5 Å². The van der Waals surface area contributed by atoms with Gasteiger partial charge < -0.3 is 24.3 Å². The number of hydrogen-bond donors (Lipinski definition) is 2. The van der Waals surface area contributed by atoms with Crippen LogP contribution in [0.15, 0.2) is 37.3 Å². The molecule has 9 nitrogen and oxygen atoms in total. The zero-order chi connectivity index (χ0) is 21.3. The van der Waals surface area contributed by atoms with Gasteiger partial charge >= 0.3 is 12.0 Å². The molecule has 11 heteroatoms. The van der Waals surface area contributed by atoms with E-state index in [0.717, 1.165) is 4.90 Å². The van der Waals surface area contributed by atoms with Crippen LogP contribution >= 0.6 is 31.9 Å². The van der Waals surface area contributed by atoms with Gasteiger partial charge in [-0.2, -0.15) is 0 Å². The average Bonchev–Trinajstić information content (AvgIpc) is 3.28. The van der Waals surface area contributed by atoms with Crippen LogP contribution in [0.5, 0.6) is 11.5 Å². The van der Waals surface area contributed by atoms with Crippen LogP contribution in [0.4, 0.5) is 4.79 Å². The first kappa shape index (κ1) is 20.9. The van der Waals surface area contributed by atoms with Crippen molar-refractivity contribution in [3.63, 3.8) is 0 Å². The summed E-state index contributed by atoms with van der Waals surface area (Å²) in [5.41, 5.74) is 0.512. The monoisotopic (exact) mass is 528 g/mol. The van der Waals surface area contributed by atoms with Gasteiger partial charge in [0, 0.05) is 4.47 Å². The number of urea groups is 1. The number of phenolic OH excluding ortho intramolecular Hbond substituents is 1. The summed E-state index contributed by atoms with van der Waals surface area (Å²) in [6.45, 7) is -0.164. The summed E-state index contributed by atoms with van der Waals surface area (Å²) in [6, 6.07) is 3.74. The Kier molecular flexibility index (Phi) is 5.99. The lowest BCUT2D eigenvalue weighted by Gasteiger charge is -2.10. The van der Waals surface area contributed by atoms with Crippen LogP contribution in [0.1, 0.15) is 21.9 Å². The van der Waals surface area contributed by atoms with Crippen molar-refractivity contribution in [1.82, 2.24) is 10.2 Å². The minimum atomic E-state index is -0.661. The van der Waals surface area contributed by atoms with Crippen LogP contribution in [-0.2, 0) is 16.1 Å². The third kappa shape index (κ3) is 4.01. The third-order valence-electron chi connectivity index (χ3n) is 4.02. The summed E-state index contributed by atoms with van der Waals surface area (Å²) < 4.78 is 15.8. The normalized spacial score (nSPS) is 15.0. The molecule has 1 aromatic carbocycles. The Balaban J connectivity index is 1.86. The van der Waals surface area contributed by atoms with E-state index in [4.69, 9.17) is 9.15 Å². The van der Waals surface area contributed by atoms with E-state index >= 15 is 0 Å². The zero-order valence-corrected chi connectivity index (χ0v) is 18.3. The molecule has 3 amide bonds. The van der Waals surface area contributed by atoms with Gasteiger partial charge in [0.15, 0.2) is 11.5 Å². The van der Waals surface area contributed by atoms with Gasteiger partial charge in [-0.15, -0.1) is 0 Å². The molecule has 1 saturated heterocycles. The molecule has 0 atom stereocenters. The van der Waals surface area contributed by atoms with Crippen molar-refractivity contribution in [2.24, 2.45) is 0 Å². The number of carbonyl (C=O) groups excluding carboxylic acids is 3. The molecule has 0 spiro atoms. The molecule has 1 fully saturated rings. The van der Waals surface area contributed by atoms with Gasteiger partial charge in [0.05, 0.1) is 25.2 Å². The molecule has 1 aliphatic rings. The number of imide groups is 1. The maximum absolute atomic E-state index is 12.7. The molecule has 0 unspecified atom stereocenters. The fourth-order valence-electron chi connectivity index (χ4n) is 2.57. The average molecular weight is 530 g/mol. The number of nitrogens with one attached hydrogen (secondary N) is 1. The predicted molar refractivity (Wildman–Crippen MR) is 107 cm³/mol. The van der Waals surface area contributed by atoms with Crippen LogP contribution in [-0.4, -0.2) is 42.1 Å².